The van der Waals surface area contributed by atoms with Crippen LogP contribution in [-0.2, 0) is 4.79 Å². The van der Waals surface area contributed by atoms with Gasteiger partial charge < -0.3 is 0 Å². The molecule has 3 nitrogen and oxygen atoms in total. The molecule has 0 unspecified atom stereocenters. The van der Waals surface area contributed by atoms with Crippen molar-refractivity contribution in [2.45, 2.75) is 6.42 Å². The summed E-state index contributed by atoms with van der Waals surface area (Å²) >= 11 is 7.16. The van der Waals surface area contributed by atoms with Crippen molar-refractivity contribution in [3.05, 3.63) is 21.3 Å². The van der Waals surface area contributed by atoms with Crippen molar-refractivity contribution in [1.29, 1.82) is 0 Å². The molecule has 0 bridgehead atoms. The summed E-state index contributed by atoms with van der Waals surface area (Å²) in [6.07, 6.45) is 0.358. The molecule has 1 aromatic heterocycles. The molecule has 12 heavy (non-hydrogen) atoms. The standard InChI is InChI=1S/C7H5ClN2OS/c8-6-2-1-5(12-6)4-3-7(11)10-9-4/h1-2H,3H2,(H,10,11). The Bertz CT molecular complexity index is 358. The lowest BCUT2D eigenvalue weighted by molar-refractivity contribution is -0.119. The average Bonchev–Trinajstić information content (AvgIpc) is 2.58. The average molecular weight is 201 g/mol. The lowest BCUT2D eigenvalue weighted by Crippen LogP contribution is -2.09. The van der Waals surface area contributed by atoms with E-state index in [1.165, 1.54) is 11.3 Å². The molecule has 1 aliphatic heterocycles. The fourth-order valence-corrected chi connectivity index (χ4v) is 2.00. The number of halogens is 1. The van der Waals surface area contributed by atoms with Gasteiger partial charge in [0.2, 0.25) is 5.91 Å². The number of carbonyl (C=O) groups is 1. The molecule has 1 amide bonds. The molecule has 0 atom stereocenters. The van der Waals surface area contributed by atoms with Crippen LogP contribution < -0.4 is 5.43 Å². The van der Waals surface area contributed by atoms with Crippen LogP contribution in [-0.4, -0.2) is 11.6 Å². The third-order valence-corrected chi connectivity index (χ3v) is 2.78. The van der Waals surface area contributed by atoms with E-state index in [9.17, 15) is 4.79 Å². The molecule has 0 saturated carbocycles. The van der Waals surface area contributed by atoms with Crippen molar-refractivity contribution in [1.82, 2.24) is 5.43 Å². The Morgan fingerprint density at radius 3 is 2.92 bits per heavy atom. The minimum Gasteiger partial charge on any atom is -0.273 e. The van der Waals surface area contributed by atoms with Gasteiger partial charge in [0.05, 0.1) is 21.3 Å². The van der Waals surface area contributed by atoms with Crippen LogP contribution in [0.2, 0.25) is 4.34 Å². The molecule has 1 N–H and O–H groups in total. The molecule has 1 aliphatic rings. The van der Waals surface area contributed by atoms with E-state index in [1.807, 2.05) is 6.07 Å². The lowest BCUT2D eigenvalue weighted by Gasteiger charge is -1.88. The zero-order valence-electron chi connectivity index (χ0n) is 6.00. The first-order chi connectivity index (χ1) is 5.75. The third kappa shape index (κ3) is 1.35. The second kappa shape index (κ2) is 2.88. The zero-order valence-corrected chi connectivity index (χ0v) is 7.58. The molecule has 2 rings (SSSR count). The summed E-state index contributed by atoms with van der Waals surface area (Å²) in [6.45, 7) is 0. The van der Waals surface area contributed by atoms with Gasteiger partial charge in [-0.15, -0.1) is 11.3 Å². The van der Waals surface area contributed by atoms with E-state index in [0.717, 1.165) is 10.6 Å². The number of amides is 1. The topological polar surface area (TPSA) is 41.5 Å². The van der Waals surface area contributed by atoms with Crippen LogP contribution in [0.4, 0.5) is 0 Å². The van der Waals surface area contributed by atoms with Crippen molar-refractivity contribution in [3.63, 3.8) is 0 Å². The Hall–Kier alpha value is -0.870. The van der Waals surface area contributed by atoms with E-state index in [4.69, 9.17) is 11.6 Å². The van der Waals surface area contributed by atoms with Crippen LogP contribution in [0.5, 0.6) is 0 Å². The summed E-state index contributed by atoms with van der Waals surface area (Å²) in [4.78, 5) is 11.7. The zero-order chi connectivity index (χ0) is 8.55. The lowest BCUT2D eigenvalue weighted by atomic mass is 10.2. The number of thiophene rings is 1. The van der Waals surface area contributed by atoms with Crippen molar-refractivity contribution in [2.75, 3.05) is 0 Å². The van der Waals surface area contributed by atoms with E-state index in [-0.39, 0.29) is 5.91 Å². The van der Waals surface area contributed by atoms with Gasteiger partial charge >= 0.3 is 0 Å². The predicted octanol–water partition coefficient (Wildman–Crippen LogP) is 1.63. The molecule has 2 heterocycles. The van der Waals surface area contributed by atoms with Crippen molar-refractivity contribution in [2.24, 2.45) is 5.10 Å². The number of hydrogen-bond acceptors (Lipinski definition) is 3. The number of nitrogens with zero attached hydrogens (tertiary/aromatic N) is 1. The Morgan fingerprint density at radius 1 is 1.58 bits per heavy atom. The minimum absolute atomic E-state index is 0.0606. The smallest absolute Gasteiger partial charge is 0.246 e. The minimum atomic E-state index is -0.0606. The predicted molar refractivity (Wildman–Crippen MR) is 48.6 cm³/mol. The number of hydrazone groups is 1. The Balaban J connectivity index is 2.27. The maximum atomic E-state index is 10.8. The normalized spacial score (nSPS) is 16.1. The highest BCUT2D eigenvalue weighted by atomic mass is 35.5. The summed E-state index contributed by atoms with van der Waals surface area (Å²) in [6, 6.07) is 3.67. The van der Waals surface area contributed by atoms with Gasteiger partial charge in [-0.25, -0.2) is 5.43 Å². The van der Waals surface area contributed by atoms with Gasteiger partial charge in [-0.05, 0) is 12.1 Å². The van der Waals surface area contributed by atoms with Gasteiger partial charge in [-0.1, -0.05) is 11.6 Å². The Labute approximate surface area is 78.0 Å². The molecule has 1 aromatic rings. The molecule has 0 aromatic carbocycles. The first-order valence-electron chi connectivity index (χ1n) is 3.37. The maximum Gasteiger partial charge on any atom is 0.246 e. The third-order valence-electron chi connectivity index (χ3n) is 1.50. The molecule has 0 spiro atoms. The first kappa shape index (κ1) is 7.76. The number of rotatable bonds is 1. The van der Waals surface area contributed by atoms with E-state index >= 15 is 0 Å². The fraction of sp³-hybridized carbons (Fsp3) is 0.143. The van der Waals surface area contributed by atoms with Crippen LogP contribution in [0.1, 0.15) is 11.3 Å². The van der Waals surface area contributed by atoms with E-state index in [0.29, 0.717) is 10.8 Å². The molecule has 0 aliphatic carbocycles. The molecule has 0 fully saturated rings. The second-order valence-corrected chi connectivity index (χ2v) is 4.09. The highest BCUT2D eigenvalue weighted by molar-refractivity contribution is 7.18. The highest BCUT2D eigenvalue weighted by Gasteiger charge is 2.17. The Kier molecular flexibility index (Phi) is 1.86. The largest absolute Gasteiger partial charge is 0.273 e. The summed E-state index contributed by atoms with van der Waals surface area (Å²) in [7, 11) is 0. The molecule has 5 heteroatoms. The van der Waals surface area contributed by atoms with Crippen molar-refractivity contribution in [3.8, 4) is 0 Å². The molecular formula is C7H5ClN2OS. The summed E-state index contributed by atoms with van der Waals surface area (Å²) in [5.41, 5.74) is 3.16. The summed E-state index contributed by atoms with van der Waals surface area (Å²) in [5, 5.41) is 3.87. The van der Waals surface area contributed by atoms with Gasteiger partial charge in [-0.3, -0.25) is 4.79 Å². The van der Waals surface area contributed by atoms with Crippen LogP contribution in [0.15, 0.2) is 17.2 Å². The van der Waals surface area contributed by atoms with E-state index in [2.05, 4.69) is 10.5 Å². The van der Waals surface area contributed by atoms with Gasteiger partial charge in [-0.2, -0.15) is 5.10 Å². The van der Waals surface area contributed by atoms with Crippen LogP contribution >= 0.6 is 22.9 Å². The molecule has 0 saturated heterocycles. The highest BCUT2D eigenvalue weighted by Crippen LogP contribution is 2.23. The van der Waals surface area contributed by atoms with Gasteiger partial charge in [0.1, 0.15) is 0 Å². The second-order valence-electron chi connectivity index (χ2n) is 2.37. The van der Waals surface area contributed by atoms with E-state index in [1.54, 1.807) is 6.07 Å². The quantitative estimate of drug-likeness (QED) is 0.736. The van der Waals surface area contributed by atoms with Crippen LogP contribution in [0, 0.1) is 0 Å². The van der Waals surface area contributed by atoms with Crippen LogP contribution in [0.3, 0.4) is 0 Å². The van der Waals surface area contributed by atoms with Gasteiger partial charge in [0.15, 0.2) is 0 Å². The SMILES string of the molecule is O=C1CC(c2ccc(Cl)s2)=NN1. The molecule has 62 valence electrons. The van der Waals surface area contributed by atoms with Gasteiger partial charge in [0, 0.05) is 0 Å². The molecular weight excluding hydrogens is 196 g/mol. The fourth-order valence-electron chi connectivity index (χ4n) is 0.973. The van der Waals surface area contributed by atoms with Gasteiger partial charge in [0.25, 0.3) is 0 Å². The van der Waals surface area contributed by atoms with Crippen molar-refractivity contribution >= 4 is 34.6 Å². The summed E-state index contributed by atoms with van der Waals surface area (Å²) in [5.74, 6) is -0.0606. The number of hydrogen-bond donors (Lipinski definition) is 1. The van der Waals surface area contributed by atoms with E-state index < -0.39 is 0 Å². The first-order valence-corrected chi connectivity index (χ1v) is 4.56. The van der Waals surface area contributed by atoms with Crippen molar-refractivity contribution < 1.29 is 4.79 Å². The number of carbonyl (C=O) groups excluding carboxylic acids is 1. The van der Waals surface area contributed by atoms with Crippen LogP contribution in [0.25, 0.3) is 0 Å². The number of nitrogens with one attached hydrogen (secondary N) is 1. The molecule has 0 radical (unpaired) electrons. The monoisotopic (exact) mass is 200 g/mol. The Morgan fingerprint density at radius 2 is 2.42 bits per heavy atom. The maximum absolute atomic E-state index is 10.8. The summed E-state index contributed by atoms with van der Waals surface area (Å²) < 4.78 is 0.715.